The Morgan fingerprint density at radius 2 is 1.86 bits per heavy atom. The van der Waals surface area contributed by atoms with E-state index in [-0.39, 0.29) is 5.91 Å². The summed E-state index contributed by atoms with van der Waals surface area (Å²) in [5.74, 6) is 1.19. The maximum Gasteiger partial charge on any atom is 0.221 e. The fourth-order valence-electron chi connectivity index (χ4n) is 3.21. The number of carbonyl (C=O) groups is 1. The Hall–Kier alpha value is -2.57. The zero-order valence-corrected chi connectivity index (χ0v) is 17.7. The van der Waals surface area contributed by atoms with Crippen LogP contribution >= 0.6 is 0 Å². The Morgan fingerprint density at radius 1 is 1.14 bits per heavy atom. The third-order valence-corrected chi connectivity index (χ3v) is 4.63. The molecule has 1 unspecified atom stereocenters. The quantitative estimate of drug-likeness (QED) is 0.531. The van der Waals surface area contributed by atoms with Gasteiger partial charge in [-0.25, -0.2) is 9.78 Å². The molecule has 1 aliphatic heterocycles. The first-order chi connectivity index (χ1) is 13.8. The van der Waals surface area contributed by atoms with E-state index in [0.29, 0.717) is 31.1 Å². The lowest BCUT2D eigenvalue weighted by Gasteiger charge is -2.37. The van der Waals surface area contributed by atoms with Crippen molar-refractivity contribution < 1.29 is 24.0 Å². The van der Waals surface area contributed by atoms with E-state index in [9.17, 15) is 4.79 Å². The van der Waals surface area contributed by atoms with Crippen LogP contribution in [0.2, 0.25) is 0 Å². The molecule has 2 aromatic rings. The number of benzene rings is 2. The summed E-state index contributed by atoms with van der Waals surface area (Å²) in [6.07, 6.45) is 0.0724. The van der Waals surface area contributed by atoms with Crippen molar-refractivity contribution in [2.24, 2.45) is 0 Å². The first-order valence-electron chi connectivity index (χ1n) is 9.77. The molecule has 0 fully saturated rings. The van der Waals surface area contributed by atoms with Gasteiger partial charge in [-0.15, -0.1) is 0 Å². The van der Waals surface area contributed by atoms with Gasteiger partial charge in [0, 0.05) is 19.0 Å². The number of methoxy groups -OCH3 is 1. The summed E-state index contributed by atoms with van der Waals surface area (Å²) in [6, 6.07) is 13.8. The number of hydrogen-bond acceptors (Lipinski definition) is 5. The minimum Gasteiger partial charge on any atom is -0.493 e. The van der Waals surface area contributed by atoms with Crippen molar-refractivity contribution in [1.82, 2.24) is 4.90 Å². The molecule has 0 saturated carbocycles. The van der Waals surface area contributed by atoms with E-state index in [0.717, 1.165) is 16.7 Å². The SMILES string of the molecule is COc1cc2c(cc1OCc1ccccc1)CCN(C(C)=O)C2OOC(C)(C)C. The van der Waals surface area contributed by atoms with Gasteiger partial charge in [0.1, 0.15) is 6.61 Å². The molecule has 0 aromatic heterocycles. The van der Waals surface area contributed by atoms with E-state index >= 15 is 0 Å². The van der Waals surface area contributed by atoms with Crippen LogP contribution in [0.15, 0.2) is 42.5 Å². The lowest BCUT2D eigenvalue weighted by Crippen LogP contribution is -2.41. The molecule has 0 aliphatic carbocycles. The van der Waals surface area contributed by atoms with E-state index in [1.165, 1.54) is 6.92 Å². The van der Waals surface area contributed by atoms with Gasteiger partial charge in [-0.05, 0) is 50.5 Å². The van der Waals surface area contributed by atoms with Gasteiger partial charge in [-0.3, -0.25) is 4.79 Å². The molecule has 0 bridgehead atoms. The van der Waals surface area contributed by atoms with Gasteiger partial charge >= 0.3 is 0 Å². The van der Waals surface area contributed by atoms with Crippen molar-refractivity contribution >= 4 is 5.91 Å². The summed E-state index contributed by atoms with van der Waals surface area (Å²) >= 11 is 0. The molecular weight excluding hydrogens is 370 g/mol. The molecule has 1 aliphatic rings. The summed E-state index contributed by atoms with van der Waals surface area (Å²) in [5.41, 5.74) is 2.48. The maximum absolute atomic E-state index is 12.2. The lowest BCUT2D eigenvalue weighted by molar-refractivity contribution is -0.396. The molecule has 29 heavy (non-hydrogen) atoms. The average molecular weight is 399 g/mol. The van der Waals surface area contributed by atoms with Crippen molar-refractivity contribution in [3.05, 3.63) is 59.2 Å². The number of hydrogen-bond donors (Lipinski definition) is 0. The molecule has 0 saturated heterocycles. The third kappa shape index (κ3) is 5.28. The van der Waals surface area contributed by atoms with Crippen LogP contribution in [0.4, 0.5) is 0 Å². The minimum atomic E-state index is -0.632. The second kappa shape index (κ2) is 8.84. The average Bonchev–Trinajstić information content (AvgIpc) is 2.69. The number of fused-ring (bicyclic) bond motifs is 1. The minimum absolute atomic E-state index is 0.0680. The van der Waals surface area contributed by atoms with Crippen LogP contribution in [0.3, 0.4) is 0 Å². The summed E-state index contributed by atoms with van der Waals surface area (Å²) in [5, 5.41) is 0. The van der Waals surface area contributed by atoms with Crippen LogP contribution in [0.1, 0.15) is 50.6 Å². The molecule has 6 nitrogen and oxygen atoms in total. The molecule has 0 radical (unpaired) electrons. The number of ether oxygens (including phenoxy) is 2. The largest absolute Gasteiger partial charge is 0.493 e. The van der Waals surface area contributed by atoms with Crippen molar-refractivity contribution in [2.45, 2.75) is 52.6 Å². The Labute approximate surface area is 172 Å². The smallest absolute Gasteiger partial charge is 0.221 e. The number of carbonyl (C=O) groups excluding carboxylic acids is 1. The van der Waals surface area contributed by atoms with Crippen molar-refractivity contribution in [2.75, 3.05) is 13.7 Å². The zero-order valence-electron chi connectivity index (χ0n) is 17.7. The summed E-state index contributed by atoms with van der Waals surface area (Å²) in [6.45, 7) is 8.22. The maximum atomic E-state index is 12.2. The van der Waals surface area contributed by atoms with E-state index < -0.39 is 11.8 Å². The van der Waals surface area contributed by atoms with Gasteiger partial charge < -0.3 is 14.4 Å². The Kier molecular flexibility index (Phi) is 6.45. The highest BCUT2D eigenvalue weighted by molar-refractivity contribution is 5.74. The fourth-order valence-corrected chi connectivity index (χ4v) is 3.21. The lowest BCUT2D eigenvalue weighted by atomic mass is 9.97. The standard InChI is InChI=1S/C23H29NO5/c1-16(25)24-12-11-18-13-21(27-15-17-9-7-6-8-10-17)20(26-5)14-19(18)22(24)28-29-23(2,3)4/h6-10,13-14,22H,11-12,15H2,1-5H3. The highest BCUT2D eigenvalue weighted by Gasteiger charge is 2.33. The van der Waals surface area contributed by atoms with Crippen LogP contribution < -0.4 is 9.47 Å². The molecule has 156 valence electrons. The van der Waals surface area contributed by atoms with Gasteiger partial charge in [0.05, 0.1) is 12.7 Å². The number of amides is 1. The van der Waals surface area contributed by atoms with Crippen LogP contribution in [-0.2, 0) is 27.6 Å². The van der Waals surface area contributed by atoms with Gasteiger partial charge in [0.25, 0.3) is 0 Å². The fraction of sp³-hybridized carbons (Fsp3) is 0.435. The Balaban J connectivity index is 1.89. The van der Waals surface area contributed by atoms with Gasteiger partial charge in [0.15, 0.2) is 17.7 Å². The van der Waals surface area contributed by atoms with Crippen molar-refractivity contribution in [3.63, 3.8) is 0 Å². The predicted octanol–water partition coefficient (Wildman–Crippen LogP) is 4.42. The second-order valence-corrected chi connectivity index (χ2v) is 8.08. The van der Waals surface area contributed by atoms with E-state index in [4.69, 9.17) is 19.2 Å². The van der Waals surface area contributed by atoms with Crippen LogP contribution in [0.25, 0.3) is 0 Å². The van der Waals surface area contributed by atoms with Gasteiger partial charge in [0.2, 0.25) is 5.91 Å². The first kappa shape index (κ1) is 21.1. The highest BCUT2D eigenvalue weighted by Crippen LogP contribution is 2.39. The van der Waals surface area contributed by atoms with E-state index in [2.05, 4.69) is 0 Å². The van der Waals surface area contributed by atoms with Gasteiger partial charge in [-0.1, -0.05) is 30.3 Å². The summed E-state index contributed by atoms with van der Waals surface area (Å²) < 4.78 is 11.6. The highest BCUT2D eigenvalue weighted by atomic mass is 17.2. The third-order valence-electron chi connectivity index (χ3n) is 4.63. The van der Waals surface area contributed by atoms with Crippen LogP contribution in [0, 0.1) is 0 Å². The second-order valence-electron chi connectivity index (χ2n) is 8.08. The number of nitrogens with zero attached hydrogens (tertiary/aromatic N) is 1. The molecule has 6 heteroatoms. The van der Waals surface area contributed by atoms with E-state index in [1.54, 1.807) is 12.0 Å². The molecule has 0 N–H and O–H groups in total. The molecule has 3 rings (SSSR count). The summed E-state index contributed by atoms with van der Waals surface area (Å²) in [7, 11) is 1.60. The van der Waals surface area contributed by atoms with Crippen LogP contribution in [0.5, 0.6) is 11.5 Å². The topological polar surface area (TPSA) is 57.2 Å². The van der Waals surface area contributed by atoms with Crippen molar-refractivity contribution in [1.29, 1.82) is 0 Å². The van der Waals surface area contributed by atoms with Crippen molar-refractivity contribution in [3.8, 4) is 11.5 Å². The number of rotatable bonds is 6. The Morgan fingerprint density at radius 3 is 2.48 bits per heavy atom. The monoisotopic (exact) mass is 399 g/mol. The normalized spacial score (nSPS) is 16.3. The molecule has 1 amide bonds. The Bertz CT molecular complexity index is 844. The molecule has 2 aromatic carbocycles. The van der Waals surface area contributed by atoms with E-state index in [1.807, 2.05) is 63.2 Å². The zero-order chi connectivity index (χ0) is 21.0. The molecule has 1 heterocycles. The predicted molar refractivity (Wildman–Crippen MR) is 110 cm³/mol. The molecule has 0 spiro atoms. The summed E-state index contributed by atoms with van der Waals surface area (Å²) in [4.78, 5) is 25.1. The molecule has 1 atom stereocenters. The molecular formula is C23H29NO5. The van der Waals surface area contributed by atoms with Crippen LogP contribution in [-0.4, -0.2) is 30.1 Å². The first-order valence-corrected chi connectivity index (χ1v) is 9.77. The van der Waals surface area contributed by atoms with Gasteiger partial charge in [-0.2, -0.15) is 0 Å².